The predicted octanol–water partition coefficient (Wildman–Crippen LogP) is 4.67. The molecule has 0 amide bonds. The highest BCUT2D eigenvalue weighted by molar-refractivity contribution is 5.87. The van der Waals surface area contributed by atoms with Gasteiger partial charge in [-0.1, -0.05) is 48.0 Å². The fourth-order valence-corrected chi connectivity index (χ4v) is 2.98. The highest BCUT2D eigenvalue weighted by Gasteiger charge is 2.35. The van der Waals surface area contributed by atoms with Crippen molar-refractivity contribution in [1.29, 1.82) is 0 Å². The van der Waals surface area contributed by atoms with Crippen LogP contribution in [0.3, 0.4) is 0 Å². The van der Waals surface area contributed by atoms with E-state index in [-0.39, 0.29) is 23.5 Å². The largest absolute Gasteiger partial charge is 0.478 e. The molecule has 0 aromatic heterocycles. The first-order valence-electron chi connectivity index (χ1n) is 8.92. The number of halogens is 2. The van der Waals surface area contributed by atoms with Crippen molar-refractivity contribution >= 4 is 5.97 Å². The van der Waals surface area contributed by atoms with Crippen LogP contribution in [-0.4, -0.2) is 17.5 Å². The predicted molar refractivity (Wildman–Crippen MR) is 102 cm³/mol. The summed E-state index contributed by atoms with van der Waals surface area (Å²) in [5.74, 6) is -2.06. The van der Waals surface area contributed by atoms with Crippen molar-refractivity contribution in [1.82, 2.24) is 5.32 Å². The highest BCUT2D eigenvalue weighted by atomic mass is 19.3. The topological polar surface area (TPSA) is 58.6 Å². The van der Waals surface area contributed by atoms with Gasteiger partial charge in [-0.3, -0.25) is 0 Å². The van der Waals surface area contributed by atoms with E-state index in [1.165, 1.54) is 6.08 Å². The molecule has 1 aliphatic rings. The molecule has 1 unspecified atom stereocenters. The van der Waals surface area contributed by atoms with Crippen LogP contribution in [0.25, 0.3) is 0 Å². The number of allylic oxidation sites excluding steroid dienone is 2. The maximum Gasteiger partial charge on any atom is 0.331 e. The average Bonchev–Trinajstić information content (AvgIpc) is 2.69. The van der Waals surface area contributed by atoms with Crippen LogP contribution in [0.5, 0.6) is 5.75 Å². The molecule has 2 aromatic carbocycles. The van der Waals surface area contributed by atoms with Crippen molar-refractivity contribution in [2.24, 2.45) is 5.92 Å². The maximum atomic E-state index is 13.7. The van der Waals surface area contributed by atoms with Crippen LogP contribution in [0.2, 0.25) is 0 Å². The molecule has 4 nitrogen and oxygen atoms in total. The number of carboxylic acid groups (broad SMARTS) is 1. The molecule has 0 fully saturated rings. The number of alkyl halides is 2. The van der Waals surface area contributed by atoms with Gasteiger partial charge in [0.1, 0.15) is 11.5 Å². The number of hydrogen-bond donors (Lipinski definition) is 2. The Balaban J connectivity index is 1.96. The molecule has 3 rings (SSSR count). The Bertz CT molecular complexity index is 890. The standard InChI is InChI=1S/C22H21F2NO3/c1-14-7-9-17(10-8-14)28-20-18(21(23)24)11-16(22(26)27)12-19(20)25-13-15-5-3-2-4-6-15/h2-10,12,18,21,25H,11,13H2,1H3,(H,26,27). The molecule has 1 atom stereocenters. The van der Waals surface area contributed by atoms with E-state index in [1.54, 1.807) is 12.1 Å². The number of benzene rings is 2. The van der Waals surface area contributed by atoms with E-state index in [0.29, 0.717) is 12.3 Å². The molecule has 0 saturated carbocycles. The summed E-state index contributed by atoms with van der Waals surface area (Å²) >= 11 is 0. The van der Waals surface area contributed by atoms with Gasteiger partial charge in [-0.05, 0) is 37.1 Å². The number of aliphatic carboxylic acids is 1. The molecule has 146 valence electrons. The summed E-state index contributed by atoms with van der Waals surface area (Å²) < 4.78 is 33.3. The van der Waals surface area contributed by atoms with Crippen LogP contribution in [0.4, 0.5) is 8.78 Å². The van der Waals surface area contributed by atoms with E-state index in [0.717, 1.165) is 11.1 Å². The van der Waals surface area contributed by atoms with E-state index in [9.17, 15) is 18.7 Å². The van der Waals surface area contributed by atoms with Crippen LogP contribution >= 0.6 is 0 Å². The quantitative estimate of drug-likeness (QED) is 0.727. The van der Waals surface area contributed by atoms with Crippen LogP contribution in [0.1, 0.15) is 17.5 Å². The highest BCUT2D eigenvalue weighted by Crippen LogP contribution is 2.35. The van der Waals surface area contributed by atoms with Crippen LogP contribution < -0.4 is 10.1 Å². The normalized spacial score (nSPS) is 16.7. The van der Waals surface area contributed by atoms with Gasteiger partial charge in [0.05, 0.1) is 11.6 Å². The van der Waals surface area contributed by atoms with Crippen molar-refractivity contribution in [3.8, 4) is 5.75 Å². The first kappa shape index (κ1) is 19.6. The molecule has 1 aliphatic carbocycles. The molecule has 0 spiro atoms. The van der Waals surface area contributed by atoms with Gasteiger partial charge in [0.2, 0.25) is 6.43 Å². The zero-order chi connectivity index (χ0) is 20.1. The second-order valence-corrected chi connectivity index (χ2v) is 6.65. The van der Waals surface area contributed by atoms with E-state index in [4.69, 9.17) is 4.74 Å². The summed E-state index contributed by atoms with van der Waals surface area (Å²) in [5.41, 5.74) is 2.15. The van der Waals surface area contributed by atoms with Crippen molar-refractivity contribution in [2.45, 2.75) is 26.3 Å². The second-order valence-electron chi connectivity index (χ2n) is 6.65. The Labute approximate surface area is 162 Å². The van der Waals surface area contributed by atoms with E-state index in [2.05, 4.69) is 5.32 Å². The van der Waals surface area contributed by atoms with Gasteiger partial charge in [-0.15, -0.1) is 0 Å². The molecular weight excluding hydrogens is 364 g/mol. The van der Waals surface area contributed by atoms with Gasteiger partial charge >= 0.3 is 5.97 Å². The Morgan fingerprint density at radius 3 is 2.46 bits per heavy atom. The minimum absolute atomic E-state index is 0.0554. The number of ether oxygens (including phenoxy) is 1. The lowest BCUT2D eigenvalue weighted by molar-refractivity contribution is -0.133. The Kier molecular flexibility index (Phi) is 6.09. The fraction of sp³-hybridized carbons (Fsp3) is 0.227. The number of carboxylic acids is 1. The smallest absolute Gasteiger partial charge is 0.331 e. The minimum atomic E-state index is -2.75. The van der Waals surface area contributed by atoms with E-state index >= 15 is 0 Å². The maximum absolute atomic E-state index is 13.7. The lowest BCUT2D eigenvalue weighted by Gasteiger charge is -2.27. The van der Waals surface area contributed by atoms with Gasteiger partial charge in [-0.25, -0.2) is 13.6 Å². The third-order valence-corrected chi connectivity index (χ3v) is 4.51. The summed E-state index contributed by atoms with van der Waals surface area (Å²) in [4.78, 5) is 11.4. The monoisotopic (exact) mass is 385 g/mol. The summed E-state index contributed by atoms with van der Waals surface area (Å²) in [6.45, 7) is 2.27. The molecule has 0 bridgehead atoms. The zero-order valence-electron chi connectivity index (χ0n) is 15.4. The molecule has 28 heavy (non-hydrogen) atoms. The molecule has 0 heterocycles. The summed E-state index contributed by atoms with van der Waals surface area (Å²) in [7, 11) is 0. The summed E-state index contributed by atoms with van der Waals surface area (Å²) in [6, 6.07) is 16.5. The zero-order valence-corrected chi connectivity index (χ0v) is 15.4. The Morgan fingerprint density at radius 2 is 1.86 bits per heavy atom. The van der Waals surface area contributed by atoms with Gasteiger partial charge in [0.25, 0.3) is 0 Å². The van der Waals surface area contributed by atoms with Crippen LogP contribution in [-0.2, 0) is 11.3 Å². The molecule has 6 heteroatoms. The van der Waals surface area contributed by atoms with Crippen LogP contribution in [0, 0.1) is 12.8 Å². The number of hydrogen-bond acceptors (Lipinski definition) is 3. The van der Waals surface area contributed by atoms with Gasteiger partial charge < -0.3 is 15.2 Å². The molecule has 2 aromatic rings. The molecule has 2 N–H and O–H groups in total. The van der Waals surface area contributed by atoms with E-state index < -0.39 is 18.3 Å². The fourth-order valence-electron chi connectivity index (χ4n) is 2.98. The van der Waals surface area contributed by atoms with Crippen molar-refractivity contribution in [3.05, 3.63) is 88.8 Å². The first-order valence-corrected chi connectivity index (χ1v) is 8.92. The average molecular weight is 385 g/mol. The molecular formula is C22H21F2NO3. The first-order chi connectivity index (χ1) is 13.4. The summed E-state index contributed by atoms with van der Waals surface area (Å²) in [6.07, 6.45) is -1.66. The molecule has 0 aliphatic heterocycles. The van der Waals surface area contributed by atoms with Gasteiger partial charge in [0, 0.05) is 12.1 Å². The van der Waals surface area contributed by atoms with Gasteiger partial charge in [-0.2, -0.15) is 0 Å². The number of carbonyl (C=O) groups is 1. The van der Waals surface area contributed by atoms with Gasteiger partial charge in [0.15, 0.2) is 0 Å². The Hall–Kier alpha value is -3.15. The Morgan fingerprint density at radius 1 is 1.18 bits per heavy atom. The van der Waals surface area contributed by atoms with E-state index in [1.807, 2.05) is 49.4 Å². The minimum Gasteiger partial charge on any atom is -0.478 e. The van der Waals surface area contributed by atoms with Crippen molar-refractivity contribution < 1.29 is 23.4 Å². The summed E-state index contributed by atoms with van der Waals surface area (Å²) in [5, 5.41) is 12.4. The molecule has 0 saturated heterocycles. The number of nitrogens with one attached hydrogen (secondary N) is 1. The lowest BCUT2D eigenvalue weighted by atomic mass is 9.90. The van der Waals surface area contributed by atoms with Crippen molar-refractivity contribution in [3.63, 3.8) is 0 Å². The molecule has 0 radical (unpaired) electrons. The SMILES string of the molecule is Cc1ccc(OC2=C(NCc3ccccc3)C=C(C(=O)O)CC2C(F)F)cc1. The second kappa shape index (κ2) is 8.69. The van der Waals surface area contributed by atoms with Crippen molar-refractivity contribution in [2.75, 3.05) is 0 Å². The third kappa shape index (κ3) is 4.76. The van der Waals surface area contributed by atoms with Crippen LogP contribution in [0.15, 0.2) is 77.7 Å². The number of rotatable bonds is 7. The third-order valence-electron chi connectivity index (χ3n) is 4.51. The lowest BCUT2D eigenvalue weighted by Crippen LogP contribution is -2.29. The number of aryl methyl sites for hydroxylation is 1.